The molecule has 3 heterocycles. The van der Waals surface area contributed by atoms with Crippen molar-refractivity contribution < 1.29 is 0 Å². The number of guanidine groups is 1. The standard InChI is InChI=1S/C20H29N7.HI/c1-14(12-18-15(2)25-26(5)16(18)3)23-20(21-4)22-10-9-17-13-27-11-7-6-8-19(27)24-17;/h6-8,11,13-14H,9-10,12H2,1-5H3,(H2,21,22,23);1H. The van der Waals surface area contributed by atoms with E-state index in [1.54, 1.807) is 7.05 Å². The fourth-order valence-electron chi connectivity index (χ4n) is 3.31. The van der Waals surface area contributed by atoms with Gasteiger partial charge in [0.1, 0.15) is 5.65 Å². The predicted octanol–water partition coefficient (Wildman–Crippen LogP) is 2.64. The second-order valence-electron chi connectivity index (χ2n) is 6.97. The summed E-state index contributed by atoms with van der Waals surface area (Å²) in [4.78, 5) is 8.97. The molecule has 0 saturated heterocycles. The van der Waals surface area contributed by atoms with E-state index in [1.807, 2.05) is 40.5 Å². The SMILES string of the molecule is CN=C(NCCc1cn2ccccc2n1)NC(C)Cc1c(C)nn(C)c1C.I. The third-order valence-electron chi connectivity index (χ3n) is 4.86. The molecule has 0 radical (unpaired) electrons. The number of imidazole rings is 1. The first kappa shape index (κ1) is 22.2. The monoisotopic (exact) mass is 495 g/mol. The summed E-state index contributed by atoms with van der Waals surface area (Å²) in [5.41, 5.74) is 5.66. The summed E-state index contributed by atoms with van der Waals surface area (Å²) in [6.45, 7) is 7.13. The van der Waals surface area contributed by atoms with Crippen molar-refractivity contribution >= 4 is 35.6 Å². The minimum Gasteiger partial charge on any atom is -0.356 e. The van der Waals surface area contributed by atoms with Crippen molar-refractivity contribution in [2.45, 2.75) is 39.7 Å². The summed E-state index contributed by atoms with van der Waals surface area (Å²) in [7, 11) is 3.79. The van der Waals surface area contributed by atoms with Crippen LogP contribution in [-0.2, 0) is 19.9 Å². The van der Waals surface area contributed by atoms with E-state index >= 15 is 0 Å². The summed E-state index contributed by atoms with van der Waals surface area (Å²) in [5.74, 6) is 0.811. The van der Waals surface area contributed by atoms with Gasteiger partial charge in [0.15, 0.2) is 5.96 Å². The Bertz CT molecular complexity index is 908. The van der Waals surface area contributed by atoms with E-state index in [9.17, 15) is 0 Å². The van der Waals surface area contributed by atoms with Gasteiger partial charge in [0, 0.05) is 51.2 Å². The Morgan fingerprint density at radius 3 is 2.71 bits per heavy atom. The average Bonchev–Trinajstić information content (AvgIpc) is 3.16. The smallest absolute Gasteiger partial charge is 0.191 e. The lowest BCUT2D eigenvalue weighted by Crippen LogP contribution is -2.43. The average molecular weight is 495 g/mol. The van der Waals surface area contributed by atoms with Crippen molar-refractivity contribution in [2.24, 2.45) is 12.0 Å². The van der Waals surface area contributed by atoms with Crippen molar-refractivity contribution in [1.82, 2.24) is 29.8 Å². The van der Waals surface area contributed by atoms with Crippen LogP contribution in [0, 0.1) is 13.8 Å². The van der Waals surface area contributed by atoms with Crippen LogP contribution in [0.2, 0.25) is 0 Å². The first-order valence-corrected chi connectivity index (χ1v) is 9.36. The molecule has 0 aliphatic rings. The number of halogens is 1. The number of hydrogen-bond donors (Lipinski definition) is 2. The van der Waals surface area contributed by atoms with Gasteiger partial charge in [-0.05, 0) is 44.9 Å². The molecule has 0 amide bonds. The topological polar surface area (TPSA) is 71.5 Å². The normalized spacial score (nSPS) is 12.7. The van der Waals surface area contributed by atoms with Crippen LogP contribution in [0.25, 0.3) is 5.65 Å². The zero-order valence-electron chi connectivity index (χ0n) is 17.2. The van der Waals surface area contributed by atoms with Crippen LogP contribution in [0.3, 0.4) is 0 Å². The highest BCUT2D eigenvalue weighted by Crippen LogP contribution is 2.14. The van der Waals surface area contributed by atoms with Crippen LogP contribution < -0.4 is 10.6 Å². The van der Waals surface area contributed by atoms with Crippen molar-refractivity contribution in [1.29, 1.82) is 0 Å². The molecule has 28 heavy (non-hydrogen) atoms. The minimum absolute atomic E-state index is 0. The number of hydrogen-bond acceptors (Lipinski definition) is 3. The van der Waals surface area contributed by atoms with E-state index in [1.165, 1.54) is 11.3 Å². The number of aliphatic imine (C=N–C) groups is 1. The van der Waals surface area contributed by atoms with Crippen molar-refractivity contribution in [2.75, 3.05) is 13.6 Å². The minimum atomic E-state index is 0. The summed E-state index contributed by atoms with van der Waals surface area (Å²) >= 11 is 0. The Balaban J connectivity index is 0.00000280. The Labute approximate surface area is 183 Å². The van der Waals surface area contributed by atoms with Crippen LogP contribution in [0.5, 0.6) is 0 Å². The molecule has 2 N–H and O–H groups in total. The fraction of sp³-hybridized carbons (Fsp3) is 0.450. The Kier molecular flexibility index (Phi) is 7.85. The van der Waals surface area contributed by atoms with E-state index in [4.69, 9.17) is 0 Å². The first-order chi connectivity index (χ1) is 13.0. The van der Waals surface area contributed by atoms with Gasteiger partial charge < -0.3 is 15.0 Å². The maximum absolute atomic E-state index is 4.63. The highest BCUT2D eigenvalue weighted by atomic mass is 127. The molecular formula is C20H30IN7. The maximum Gasteiger partial charge on any atom is 0.191 e. The summed E-state index contributed by atoms with van der Waals surface area (Å²) in [5, 5.41) is 11.3. The van der Waals surface area contributed by atoms with Crippen LogP contribution in [0.4, 0.5) is 0 Å². The third-order valence-corrected chi connectivity index (χ3v) is 4.86. The Morgan fingerprint density at radius 2 is 2.07 bits per heavy atom. The number of aryl methyl sites for hydroxylation is 2. The summed E-state index contributed by atoms with van der Waals surface area (Å²) in [6.07, 6.45) is 5.85. The van der Waals surface area contributed by atoms with Gasteiger partial charge in [-0.2, -0.15) is 5.10 Å². The first-order valence-electron chi connectivity index (χ1n) is 9.36. The van der Waals surface area contributed by atoms with E-state index in [-0.39, 0.29) is 30.0 Å². The third kappa shape index (κ3) is 5.24. The lowest BCUT2D eigenvalue weighted by molar-refractivity contribution is 0.635. The number of rotatable bonds is 6. The van der Waals surface area contributed by atoms with Crippen LogP contribution in [-0.4, -0.2) is 44.8 Å². The molecule has 0 saturated carbocycles. The molecule has 152 valence electrons. The number of nitrogens with zero attached hydrogens (tertiary/aromatic N) is 5. The van der Waals surface area contributed by atoms with Gasteiger partial charge in [-0.25, -0.2) is 4.98 Å². The number of aromatic nitrogens is 4. The molecular weight excluding hydrogens is 465 g/mol. The molecule has 1 unspecified atom stereocenters. The molecule has 3 aromatic rings. The molecule has 0 aliphatic heterocycles. The zero-order chi connectivity index (χ0) is 19.4. The zero-order valence-corrected chi connectivity index (χ0v) is 19.6. The molecule has 0 spiro atoms. The highest BCUT2D eigenvalue weighted by molar-refractivity contribution is 14.0. The number of fused-ring (bicyclic) bond motifs is 1. The molecule has 3 aromatic heterocycles. The summed E-state index contributed by atoms with van der Waals surface area (Å²) < 4.78 is 3.99. The second kappa shape index (κ2) is 9.90. The number of nitrogens with one attached hydrogen (secondary N) is 2. The van der Waals surface area contributed by atoms with Crippen molar-refractivity contribution in [3.63, 3.8) is 0 Å². The Hall–Kier alpha value is -2.10. The summed E-state index contributed by atoms with van der Waals surface area (Å²) in [6, 6.07) is 6.29. The van der Waals surface area contributed by atoms with E-state index < -0.39 is 0 Å². The van der Waals surface area contributed by atoms with Crippen LogP contribution in [0.15, 0.2) is 35.6 Å². The van der Waals surface area contributed by atoms with Gasteiger partial charge in [0.25, 0.3) is 0 Å². The van der Waals surface area contributed by atoms with Gasteiger partial charge in [0.05, 0.1) is 11.4 Å². The molecule has 7 nitrogen and oxygen atoms in total. The fourth-order valence-corrected chi connectivity index (χ4v) is 3.31. The molecule has 1 atom stereocenters. The highest BCUT2D eigenvalue weighted by Gasteiger charge is 2.14. The number of pyridine rings is 1. The molecule has 0 fully saturated rings. The van der Waals surface area contributed by atoms with Crippen LogP contribution in [0.1, 0.15) is 29.6 Å². The largest absolute Gasteiger partial charge is 0.356 e. The van der Waals surface area contributed by atoms with Gasteiger partial charge in [0.2, 0.25) is 0 Å². The predicted molar refractivity (Wildman–Crippen MR) is 125 cm³/mol. The van der Waals surface area contributed by atoms with Gasteiger partial charge >= 0.3 is 0 Å². The van der Waals surface area contributed by atoms with Gasteiger partial charge in [-0.1, -0.05) is 6.07 Å². The second-order valence-corrected chi connectivity index (χ2v) is 6.97. The van der Waals surface area contributed by atoms with Gasteiger partial charge in [-0.15, -0.1) is 24.0 Å². The van der Waals surface area contributed by atoms with Crippen molar-refractivity contribution in [3.05, 3.63) is 53.2 Å². The lowest BCUT2D eigenvalue weighted by Gasteiger charge is -2.18. The maximum atomic E-state index is 4.63. The van der Waals surface area contributed by atoms with Crippen molar-refractivity contribution in [3.8, 4) is 0 Å². The quantitative estimate of drug-likeness (QED) is 0.314. The van der Waals surface area contributed by atoms with Crippen LogP contribution >= 0.6 is 24.0 Å². The Morgan fingerprint density at radius 1 is 1.29 bits per heavy atom. The molecule has 3 rings (SSSR count). The van der Waals surface area contributed by atoms with E-state index in [0.717, 1.165) is 42.4 Å². The molecule has 8 heteroatoms. The van der Waals surface area contributed by atoms with Gasteiger partial charge in [-0.3, -0.25) is 9.67 Å². The lowest BCUT2D eigenvalue weighted by atomic mass is 10.1. The van der Waals surface area contributed by atoms with E-state index in [2.05, 4.69) is 52.7 Å². The molecule has 0 aliphatic carbocycles. The molecule has 0 aromatic carbocycles. The molecule has 0 bridgehead atoms. The van der Waals surface area contributed by atoms with E-state index in [0.29, 0.717) is 0 Å².